The zero-order valence-electron chi connectivity index (χ0n) is 14.6. The van der Waals surface area contributed by atoms with Crippen LogP contribution in [0.5, 0.6) is 0 Å². The Kier molecular flexibility index (Phi) is 5.82. The standard InChI is InChI=1S/C18H15F2N3O3S2/c1-23(28(25,26)15-7-5-13(19)6-8-15)10-17(24)22-18-21-16(11-27-18)12-3-2-4-14(20)9-12/h2-9,11H,10H2,1H3,(H,21,22,24). The number of nitrogens with zero attached hydrogens (tertiary/aromatic N) is 2. The minimum absolute atomic E-state index is 0.119. The molecule has 3 rings (SSSR count). The Labute approximate surface area is 164 Å². The topological polar surface area (TPSA) is 79.4 Å². The van der Waals surface area contributed by atoms with Crippen LogP contribution in [-0.2, 0) is 14.8 Å². The summed E-state index contributed by atoms with van der Waals surface area (Å²) in [5.74, 6) is -1.55. The second kappa shape index (κ2) is 8.13. The van der Waals surface area contributed by atoms with Crippen LogP contribution in [0.2, 0.25) is 0 Å². The summed E-state index contributed by atoms with van der Waals surface area (Å²) in [5, 5.41) is 4.44. The molecule has 0 aliphatic rings. The van der Waals surface area contributed by atoms with Crippen molar-refractivity contribution in [2.75, 3.05) is 18.9 Å². The highest BCUT2D eigenvalue weighted by atomic mass is 32.2. The van der Waals surface area contributed by atoms with Gasteiger partial charge >= 0.3 is 0 Å². The number of hydrogen-bond acceptors (Lipinski definition) is 5. The van der Waals surface area contributed by atoms with Crippen LogP contribution < -0.4 is 5.32 Å². The Balaban J connectivity index is 1.66. The van der Waals surface area contributed by atoms with E-state index in [1.165, 1.54) is 19.2 Å². The molecule has 0 saturated heterocycles. The van der Waals surface area contributed by atoms with Gasteiger partial charge in [-0.1, -0.05) is 12.1 Å². The monoisotopic (exact) mass is 423 g/mol. The summed E-state index contributed by atoms with van der Waals surface area (Å²) in [6, 6.07) is 10.2. The molecule has 2 aromatic carbocycles. The molecule has 1 amide bonds. The van der Waals surface area contributed by atoms with Gasteiger partial charge in [-0.25, -0.2) is 22.2 Å². The lowest BCUT2D eigenvalue weighted by atomic mass is 10.2. The van der Waals surface area contributed by atoms with E-state index in [2.05, 4.69) is 10.3 Å². The first-order chi connectivity index (χ1) is 13.3. The van der Waals surface area contributed by atoms with Gasteiger partial charge in [-0.15, -0.1) is 11.3 Å². The molecular weight excluding hydrogens is 408 g/mol. The van der Waals surface area contributed by atoms with E-state index in [-0.39, 0.29) is 10.0 Å². The number of anilines is 1. The SMILES string of the molecule is CN(CC(=O)Nc1nc(-c2cccc(F)c2)cs1)S(=O)(=O)c1ccc(F)cc1. The van der Waals surface area contributed by atoms with E-state index in [9.17, 15) is 22.0 Å². The van der Waals surface area contributed by atoms with Gasteiger partial charge in [-0.2, -0.15) is 4.31 Å². The third-order valence-electron chi connectivity index (χ3n) is 3.76. The molecule has 0 radical (unpaired) electrons. The number of thiazole rings is 1. The Morgan fingerprint density at radius 2 is 1.86 bits per heavy atom. The quantitative estimate of drug-likeness (QED) is 0.660. The summed E-state index contributed by atoms with van der Waals surface area (Å²) < 4.78 is 52.0. The molecule has 6 nitrogen and oxygen atoms in total. The third-order valence-corrected chi connectivity index (χ3v) is 6.33. The van der Waals surface area contributed by atoms with E-state index in [0.717, 1.165) is 39.9 Å². The molecule has 1 aromatic heterocycles. The lowest BCUT2D eigenvalue weighted by Gasteiger charge is -2.16. The van der Waals surface area contributed by atoms with Gasteiger partial charge in [0.15, 0.2) is 5.13 Å². The molecule has 0 spiro atoms. The van der Waals surface area contributed by atoms with Crippen molar-refractivity contribution in [2.45, 2.75) is 4.90 Å². The van der Waals surface area contributed by atoms with E-state index in [1.807, 2.05) is 0 Å². The van der Waals surface area contributed by atoms with Gasteiger partial charge < -0.3 is 5.32 Å². The summed E-state index contributed by atoms with van der Waals surface area (Å²) in [7, 11) is -2.69. The Morgan fingerprint density at radius 1 is 1.14 bits per heavy atom. The first kappa shape index (κ1) is 20.1. The van der Waals surface area contributed by atoms with Crippen LogP contribution in [0.25, 0.3) is 11.3 Å². The fourth-order valence-electron chi connectivity index (χ4n) is 2.34. The van der Waals surface area contributed by atoms with Gasteiger partial charge in [0.1, 0.15) is 11.6 Å². The minimum atomic E-state index is -3.94. The minimum Gasteiger partial charge on any atom is -0.301 e. The zero-order chi connectivity index (χ0) is 20.3. The molecule has 1 N–H and O–H groups in total. The zero-order valence-corrected chi connectivity index (χ0v) is 16.2. The van der Waals surface area contributed by atoms with E-state index in [0.29, 0.717) is 11.3 Å². The van der Waals surface area contributed by atoms with Gasteiger partial charge in [-0.05, 0) is 36.4 Å². The van der Waals surface area contributed by atoms with Gasteiger partial charge in [-0.3, -0.25) is 4.79 Å². The van der Waals surface area contributed by atoms with Crippen LogP contribution in [0.1, 0.15) is 0 Å². The van der Waals surface area contributed by atoms with Crippen LogP contribution in [0.4, 0.5) is 13.9 Å². The summed E-state index contributed by atoms with van der Waals surface area (Å²) in [4.78, 5) is 16.3. The maximum atomic E-state index is 13.3. The number of carbonyl (C=O) groups excluding carboxylic acids is 1. The van der Waals surface area contributed by atoms with Gasteiger partial charge in [0.05, 0.1) is 17.1 Å². The Bertz CT molecular complexity index is 1100. The summed E-state index contributed by atoms with van der Waals surface area (Å²) in [6.07, 6.45) is 0. The predicted molar refractivity (Wildman–Crippen MR) is 102 cm³/mol. The number of amides is 1. The summed E-state index contributed by atoms with van der Waals surface area (Å²) in [6.45, 7) is -0.450. The normalized spacial score (nSPS) is 11.6. The van der Waals surface area contributed by atoms with Crippen molar-refractivity contribution in [3.63, 3.8) is 0 Å². The van der Waals surface area contributed by atoms with Crippen molar-refractivity contribution < 1.29 is 22.0 Å². The van der Waals surface area contributed by atoms with Gasteiger partial charge in [0, 0.05) is 18.0 Å². The second-order valence-corrected chi connectivity index (χ2v) is 8.71. The molecule has 1 heterocycles. The first-order valence-electron chi connectivity index (χ1n) is 7.99. The highest BCUT2D eigenvalue weighted by Gasteiger charge is 2.23. The van der Waals surface area contributed by atoms with Crippen molar-refractivity contribution in [3.8, 4) is 11.3 Å². The van der Waals surface area contributed by atoms with Crippen molar-refractivity contribution in [1.82, 2.24) is 9.29 Å². The maximum Gasteiger partial charge on any atom is 0.243 e. The van der Waals surface area contributed by atoms with Crippen LogP contribution in [-0.4, -0.2) is 37.2 Å². The van der Waals surface area contributed by atoms with Crippen LogP contribution in [0.15, 0.2) is 58.8 Å². The van der Waals surface area contributed by atoms with E-state index < -0.39 is 34.1 Å². The lowest BCUT2D eigenvalue weighted by Crippen LogP contribution is -2.34. The molecule has 3 aromatic rings. The number of nitrogens with one attached hydrogen (secondary N) is 1. The van der Waals surface area contributed by atoms with Gasteiger partial charge in [0.2, 0.25) is 15.9 Å². The fourth-order valence-corrected chi connectivity index (χ4v) is 4.21. The van der Waals surface area contributed by atoms with Crippen molar-refractivity contribution in [3.05, 3.63) is 65.5 Å². The predicted octanol–water partition coefficient (Wildman–Crippen LogP) is 3.35. The molecule has 0 atom stereocenters. The molecule has 0 bridgehead atoms. The summed E-state index contributed by atoms with van der Waals surface area (Å²) >= 11 is 1.14. The third kappa shape index (κ3) is 4.58. The smallest absolute Gasteiger partial charge is 0.243 e. The number of sulfonamides is 1. The van der Waals surface area contributed by atoms with Crippen molar-refractivity contribution in [1.29, 1.82) is 0 Å². The Morgan fingerprint density at radius 3 is 2.54 bits per heavy atom. The molecule has 0 aliphatic heterocycles. The number of likely N-dealkylation sites (N-methyl/N-ethyl adjacent to an activating group) is 1. The van der Waals surface area contributed by atoms with E-state index in [4.69, 9.17) is 0 Å². The molecule has 0 aliphatic carbocycles. The largest absolute Gasteiger partial charge is 0.301 e. The highest BCUT2D eigenvalue weighted by molar-refractivity contribution is 7.89. The van der Waals surface area contributed by atoms with Crippen molar-refractivity contribution >= 4 is 32.4 Å². The number of hydrogen-bond donors (Lipinski definition) is 1. The number of halogens is 2. The number of aromatic nitrogens is 1. The molecule has 0 unspecified atom stereocenters. The van der Waals surface area contributed by atoms with Crippen LogP contribution >= 0.6 is 11.3 Å². The molecular formula is C18H15F2N3O3S2. The van der Waals surface area contributed by atoms with Crippen LogP contribution in [0.3, 0.4) is 0 Å². The number of carbonyl (C=O) groups is 1. The molecule has 0 saturated carbocycles. The second-order valence-electron chi connectivity index (χ2n) is 5.81. The number of rotatable bonds is 6. The summed E-state index contributed by atoms with van der Waals surface area (Å²) in [5.41, 5.74) is 1.06. The highest BCUT2D eigenvalue weighted by Crippen LogP contribution is 2.25. The van der Waals surface area contributed by atoms with E-state index in [1.54, 1.807) is 17.5 Å². The fraction of sp³-hybridized carbons (Fsp3) is 0.111. The molecule has 10 heteroatoms. The van der Waals surface area contributed by atoms with Crippen LogP contribution in [0, 0.1) is 11.6 Å². The molecule has 28 heavy (non-hydrogen) atoms. The first-order valence-corrected chi connectivity index (χ1v) is 10.3. The maximum absolute atomic E-state index is 13.3. The van der Waals surface area contributed by atoms with Gasteiger partial charge in [0.25, 0.3) is 0 Å². The Hall–Kier alpha value is -2.69. The average Bonchev–Trinajstić information content (AvgIpc) is 3.10. The molecule has 146 valence electrons. The van der Waals surface area contributed by atoms with Crippen molar-refractivity contribution in [2.24, 2.45) is 0 Å². The average molecular weight is 423 g/mol. The van der Waals surface area contributed by atoms with E-state index >= 15 is 0 Å². The molecule has 0 fully saturated rings. The lowest BCUT2D eigenvalue weighted by molar-refractivity contribution is -0.116. The number of benzene rings is 2.